The number of rotatable bonds is 4. The molecule has 1 aromatic carbocycles. The van der Waals surface area contributed by atoms with Crippen LogP contribution in [0.15, 0.2) is 18.2 Å². The Labute approximate surface area is 123 Å². The van der Waals surface area contributed by atoms with E-state index in [4.69, 9.17) is 16.3 Å². The van der Waals surface area contributed by atoms with Crippen molar-refractivity contribution in [3.8, 4) is 0 Å². The number of halogens is 2. The van der Waals surface area contributed by atoms with Crippen molar-refractivity contribution in [3.63, 3.8) is 0 Å². The van der Waals surface area contributed by atoms with E-state index in [1.807, 2.05) is 6.92 Å². The summed E-state index contributed by atoms with van der Waals surface area (Å²) in [7, 11) is 0. The first-order valence-corrected chi connectivity index (χ1v) is 7.31. The minimum absolute atomic E-state index is 0.0127. The van der Waals surface area contributed by atoms with Crippen LogP contribution in [0.25, 0.3) is 0 Å². The summed E-state index contributed by atoms with van der Waals surface area (Å²) < 4.78 is 18.8. The van der Waals surface area contributed by atoms with E-state index in [9.17, 15) is 9.18 Å². The van der Waals surface area contributed by atoms with Gasteiger partial charge in [-0.2, -0.15) is 0 Å². The van der Waals surface area contributed by atoms with Gasteiger partial charge in [0.05, 0.1) is 12.5 Å². The molecule has 0 N–H and O–H groups in total. The number of piperidine rings is 1. The van der Waals surface area contributed by atoms with Gasteiger partial charge in [-0.1, -0.05) is 17.7 Å². The molecule has 2 rings (SSSR count). The maximum Gasteiger partial charge on any atom is 0.309 e. The number of nitrogens with zero attached hydrogens (tertiary/aromatic N) is 1. The largest absolute Gasteiger partial charge is 0.466 e. The maximum atomic E-state index is 13.7. The van der Waals surface area contributed by atoms with E-state index in [2.05, 4.69) is 4.90 Å². The molecule has 5 heteroatoms. The van der Waals surface area contributed by atoms with Crippen LogP contribution in [0, 0.1) is 11.7 Å². The third-order valence-electron chi connectivity index (χ3n) is 3.62. The summed E-state index contributed by atoms with van der Waals surface area (Å²) >= 11 is 5.74. The minimum Gasteiger partial charge on any atom is -0.466 e. The Bertz CT molecular complexity index is 473. The highest BCUT2D eigenvalue weighted by Gasteiger charge is 2.26. The molecule has 1 aliphatic rings. The lowest BCUT2D eigenvalue weighted by Gasteiger charge is -2.30. The molecular weight excluding hydrogens is 281 g/mol. The van der Waals surface area contributed by atoms with E-state index >= 15 is 0 Å². The standard InChI is InChI=1S/C15H19ClFNO2/c1-2-20-15(19)11-5-7-18(8-6-11)10-12-3-4-13(16)9-14(12)17/h3-4,9,11H,2,5-8,10H2,1H3. The second-order valence-electron chi connectivity index (χ2n) is 5.04. The Balaban J connectivity index is 1.86. The van der Waals surface area contributed by atoms with E-state index in [0.29, 0.717) is 23.7 Å². The van der Waals surface area contributed by atoms with Crippen molar-refractivity contribution in [2.75, 3.05) is 19.7 Å². The molecule has 0 atom stereocenters. The smallest absolute Gasteiger partial charge is 0.309 e. The lowest BCUT2D eigenvalue weighted by atomic mass is 9.96. The highest BCUT2D eigenvalue weighted by atomic mass is 35.5. The summed E-state index contributed by atoms with van der Waals surface area (Å²) in [4.78, 5) is 13.8. The number of hydrogen-bond donors (Lipinski definition) is 0. The predicted molar refractivity (Wildman–Crippen MR) is 76.0 cm³/mol. The normalized spacial score (nSPS) is 17.1. The molecule has 110 valence electrons. The summed E-state index contributed by atoms with van der Waals surface area (Å²) in [6.07, 6.45) is 1.54. The molecule has 1 saturated heterocycles. The zero-order valence-corrected chi connectivity index (χ0v) is 12.3. The van der Waals surface area contributed by atoms with Crippen LogP contribution in [0.3, 0.4) is 0 Å². The van der Waals surface area contributed by atoms with Crippen LogP contribution in [-0.4, -0.2) is 30.6 Å². The van der Waals surface area contributed by atoms with Gasteiger partial charge in [0.25, 0.3) is 0 Å². The van der Waals surface area contributed by atoms with Gasteiger partial charge in [0.15, 0.2) is 0 Å². The molecule has 0 unspecified atom stereocenters. The van der Waals surface area contributed by atoms with Crippen LogP contribution in [0.5, 0.6) is 0 Å². The molecule has 0 bridgehead atoms. The fourth-order valence-electron chi connectivity index (χ4n) is 2.48. The van der Waals surface area contributed by atoms with E-state index in [-0.39, 0.29) is 17.7 Å². The van der Waals surface area contributed by atoms with Gasteiger partial charge in [-0.05, 0) is 45.0 Å². The van der Waals surface area contributed by atoms with Crippen LogP contribution >= 0.6 is 11.6 Å². The van der Waals surface area contributed by atoms with Crippen LogP contribution < -0.4 is 0 Å². The zero-order chi connectivity index (χ0) is 14.5. The molecule has 1 aliphatic heterocycles. The Morgan fingerprint density at radius 3 is 2.75 bits per heavy atom. The molecule has 0 aliphatic carbocycles. The molecule has 0 radical (unpaired) electrons. The molecule has 0 aromatic heterocycles. The topological polar surface area (TPSA) is 29.5 Å². The van der Waals surface area contributed by atoms with Crippen LogP contribution in [-0.2, 0) is 16.1 Å². The van der Waals surface area contributed by atoms with Crippen molar-refractivity contribution >= 4 is 17.6 Å². The summed E-state index contributed by atoms with van der Waals surface area (Å²) in [5, 5.41) is 0.410. The lowest BCUT2D eigenvalue weighted by molar-refractivity contribution is -0.149. The van der Waals surface area contributed by atoms with Crippen LogP contribution in [0.4, 0.5) is 4.39 Å². The maximum absolute atomic E-state index is 13.7. The number of carbonyl (C=O) groups excluding carboxylic acids is 1. The SMILES string of the molecule is CCOC(=O)C1CCN(Cc2ccc(Cl)cc2F)CC1. The number of carbonyl (C=O) groups is 1. The lowest BCUT2D eigenvalue weighted by Crippen LogP contribution is -2.36. The van der Waals surface area contributed by atoms with E-state index in [0.717, 1.165) is 25.9 Å². The van der Waals surface area contributed by atoms with Crippen molar-refractivity contribution in [3.05, 3.63) is 34.6 Å². The predicted octanol–water partition coefficient (Wildman–Crippen LogP) is 3.25. The van der Waals surface area contributed by atoms with Gasteiger partial charge in [-0.15, -0.1) is 0 Å². The van der Waals surface area contributed by atoms with E-state index < -0.39 is 0 Å². The van der Waals surface area contributed by atoms with Gasteiger partial charge in [0.2, 0.25) is 0 Å². The molecule has 0 saturated carbocycles. The van der Waals surface area contributed by atoms with Gasteiger partial charge < -0.3 is 4.74 Å². The van der Waals surface area contributed by atoms with Crippen molar-refractivity contribution < 1.29 is 13.9 Å². The van der Waals surface area contributed by atoms with Crippen LogP contribution in [0.1, 0.15) is 25.3 Å². The van der Waals surface area contributed by atoms with E-state index in [1.54, 1.807) is 12.1 Å². The van der Waals surface area contributed by atoms with E-state index in [1.165, 1.54) is 6.07 Å². The molecule has 3 nitrogen and oxygen atoms in total. The van der Waals surface area contributed by atoms with Crippen molar-refractivity contribution in [2.45, 2.75) is 26.3 Å². The first-order valence-electron chi connectivity index (χ1n) is 6.93. The highest BCUT2D eigenvalue weighted by molar-refractivity contribution is 6.30. The second kappa shape index (κ2) is 7.04. The van der Waals surface area contributed by atoms with Gasteiger partial charge in [0.1, 0.15) is 5.82 Å². The molecule has 0 amide bonds. The average molecular weight is 300 g/mol. The van der Waals surface area contributed by atoms with Gasteiger partial charge in [0, 0.05) is 17.1 Å². The van der Waals surface area contributed by atoms with Gasteiger partial charge in [-0.3, -0.25) is 9.69 Å². The fraction of sp³-hybridized carbons (Fsp3) is 0.533. The average Bonchev–Trinajstić information content (AvgIpc) is 2.43. The monoisotopic (exact) mass is 299 g/mol. The van der Waals surface area contributed by atoms with Gasteiger partial charge >= 0.3 is 5.97 Å². The molecule has 20 heavy (non-hydrogen) atoms. The third-order valence-corrected chi connectivity index (χ3v) is 3.85. The number of esters is 1. The molecule has 1 fully saturated rings. The Kier molecular flexibility index (Phi) is 5.38. The minimum atomic E-state index is -0.273. The summed E-state index contributed by atoms with van der Waals surface area (Å²) in [5.74, 6) is -0.392. The Hall–Kier alpha value is -1.13. The Morgan fingerprint density at radius 2 is 2.15 bits per heavy atom. The zero-order valence-electron chi connectivity index (χ0n) is 11.6. The molecule has 1 aromatic rings. The number of likely N-dealkylation sites (tertiary alicyclic amines) is 1. The number of hydrogen-bond acceptors (Lipinski definition) is 3. The van der Waals surface area contributed by atoms with Gasteiger partial charge in [-0.25, -0.2) is 4.39 Å². The quantitative estimate of drug-likeness (QED) is 0.799. The molecule has 1 heterocycles. The first-order chi connectivity index (χ1) is 9.60. The molecule has 0 spiro atoms. The summed E-state index contributed by atoms with van der Waals surface area (Å²) in [5.41, 5.74) is 0.643. The summed E-state index contributed by atoms with van der Waals surface area (Å²) in [6.45, 7) is 4.36. The summed E-state index contributed by atoms with van der Waals surface area (Å²) in [6, 6.07) is 4.75. The van der Waals surface area contributed by atoms with Crippen molar-refractivity contribution in [1.29, 1.82) is 0 Å². The fourth-order valence-corrected chi connectivity index (χ4v) is 2.64. The Morgan fingerprint density at radius 1 is 1.45 bits per heavy atom. The molecular formula is C15H19ClFNO2. The number of benzene rings is 1. The van der Waals surface area contributed by atoms with Crippen molar-refractivity contribution in [2.24, 2.45) is 5.92 Å². The third kappa shape index (κ3) is 3.93. The van der Waals surface area contributed by atoms with Crippen LogP contribution in [0.2, 0.25) is 5.02 Å². The second-order valence-corrected chi connectivity index (χ2v) is 5.47. The number of ether oxygens (including phenoxy) is 1. The van der Waals surface area contributed by atoms with Crippen molar-refractivity contribution in [1.82, 2.24) is 4.90 Å². The highest BCUT2D eigenvalue weighted by Crippen LogP contribution is 2.22. The first kappa shape index (κ1) is 15.3.